The predicted molar refractivity (Wildman–Crippen MR) is 59.2 cm³/mol. The summed E-state index contributed by atoms with van der Waals surface area (Å²) in [7, 11) is 0. The minimum absolute atomic E-state index is 0.177. The second-order valence-corrected chi connectivity index (χ2v) is 3.56. The van der Waals surface area contributed by atoms with Gasteiger partial charge >= 0.3 is 6.18 Å². The largest absolute Gasteiger partial charge is 0.416 e. The Kier molecular flexibility index (Phi) is 2.82. The zero-order chi connectivity index (χ0) is 13.3. The van der Waals surface area contributed by atoms with Gasteiger partial charge in [-0.3, -0.25) is 4.79 Å². The van der Waals surface area contributed by atoms with Gasteiger partial charge in [-0.05, 0) is 18.2 Å². The third-order valence-corrected chi connectivity index (χ3v) is 2.27. The molecule has 0 aliphatic heterocycles. The summed E-state index contributed by atoms with van der Waals surface area (Å²) in [6, 6.07) is 5.72. The van der Waals surface area contributed by atoms with Crippen molar-refractivity contribution in [1.82, 2.24) is 9.78 Å². The van der Waals surface area contributed by atoms with E-state index in [1.165, 1.54) is 18.3 Å². The molecule has 0 saturated carbocycles. The normalized spacial score (nSPS) is 11.5. The molecule has 1 heterocycles. The fraction of sp³-hybridized carbons (Fsp3) is 0.0909. The highest BCUT2D eigenvalue weighted by molar-refractivity contribution is 5.37. The maximum atomic E-state index is 12.5. The van der Waals surface area contributed by atoms with Crippen LogP contribution in [0.5, 0.6) is 0 Å². The van der Waals surface area contributed by atoms with Gasteiger partial charge in [-0.2, -0.15) is 13.2 Å². The molecule has 1 aromatic heterocycles. The molecule has 0 bridgehead atoms. The molecule has 0 amide bonds. The lowest BCUT2D eigenvalue weighted by Gasteiger charge is -2.10. The van der Waals surface area contributed by atoms with Crippen molar-refractivity contribution in [2.75, 3.05) is 5.73 Å². The third kappa shape index (κ3) is 2.34. The van der Waals surface area contributed by atoms with Crippen molar-refractivity contribution >= 4 is 5.82 Å². The molecule has 0 aliphatic carbocycles. The van der Waals surface area contributed by atoms with Gasteiger partial charge in [-0.15, -0.1) is 5.10 Å². The number of benzene rings is 1. The Morgan fingerprint density at radius 2 is 1.94 bits per heavy atom. The summed E-state index contributed by atoms with van der Waals surface area (Å²) in [6.45, 7) is 0. The molecular weight excluding hydrogens is 247 g/mol. The van der Waals surface area contributed by atoms with Crippen molar-refractivity contribution in [3.8, 4) is 5.69 Å². The second-order valence-electron chi connectivity index (χ2n) is 3.56. The molecule has 18 heavy (non-hydrogen) atoms. The Bertz CT molecular complexity index is 634. The summed E-state index contributed by atoms with van der Waals surface area (Å²) >= 11 is 0. The highest BCUT2D eigenvalue weighted by Gasteiger charge is 2.30. The van der Waals surface area contributed by atoms with Crippen LogP contribution in [0.1, 0.15) is 5.56 Å². The zero-order valence-electron chi connectivity index (χ0n) is 8.98. The number of halogens is 3. The molecule has 1 aromatic carbocycles. The number of hydrogen-bond acceptors (Lipinski definition) is 3. The van der Waals surface area contributed by atoms with E-state index in [1.807, 2.05) is 0 Å². The number of anilines is 1. The van der Waals surface area contributed by atoms with Crippen molar-refractivity contribution in [3.63, 3.8) is 0 Å². The summed E-state index contributed by atoms with van der Waals surface area (Å²) in [4.78, 5) is 11.0. The van der Waals surface area contributed by atoms with Crippen LogP contribution < -0.4 is 11.2 Å². The van der Waals surface area contributed by atoms with Gasteiger partial charge in [0.1, 0.15) is 0 Å². The smallest absolute Gasteiger partial charge is 0.379 e. The molecule has 0 radical (unpaired) electrons. The standard InChI is InChI=1S/C11H8F3N3O/c12-11(13,14)7-2-1-3-8(6-7)17-5-4-9(18)10(15)16-17/h1-6H,(H2,15,16). The first-order valence-corrected chi connectivity index (χ1v) is 4.91. The van der Waals surface area contributed by atoms with Gasteiger partial charge in [0.05, 0.1) is 11.3 Å². The maximum Gasteiger partial charge on any atom is 0.416 e. The minimum Gasteiger partial charge on any atom is -0.379 e. The summed E-state index contributed by atoms with van der Waals surface area (Å²) in [5.74, 6) is -0.269. The van der Waals surface area contributed by atoms with Gasteiger partial charge in [0.25, 0.3) is 0 Å². The van der Waals surface area contributed by atoms with E-state index in [0.29, 0.717) is 0 Å². The van der Waals surface area contributed by atoms with E-state index < -0.39 is 17.2 Å². The fourth-order valence-corrected chi connectivity index (χ4v) is 1.39. The molecule has 0 unspecified atom stereocenters. The van der Waals surface area contributed by atoms with Crippen molar-refractivity contribution in [2.24, 2.45) is 0 Å². The Morgan fingerprint density at radius 1 is 1.22 bits per heavy atom. The zero-order valence-corrected chi connectivity index (χ0v) is 8.98. The predicted octanol–water partition coefficient (Wildman–Crippen LogP) is 1.83. The highest BCUT2D eigenvalue weighted by atomic mass is 19.4. The number of nitrogens with zero attached hydrogens (tertiary/aromatic N) is 2. The minimum atomic E-state index is -4.43. The average Bonchev–Trinajstić information content (AvgIpc) is 2.32. The van der Waals surface area contributed by atoms with Crippen LogP contribution in [0.4, 0.5) is 19.0 Å². The molecule has 2 rings (SSSR count). The molecular formula is C11H8F3N3O. The number of aromatic nitrogens is 2. The molecule has 0 spiro atoms. The van der Waals surface area contributed by atoms with Crippen LogP contribution in [0.2, 0.25) is 0 Å². The number of nitrogens with two attached hydrogens (primary N) is 1. The molecule has 0 fully saturated rings. The van der Waals surface area contributed by atoms with Crippen LogP contribution >= 0.6 is 0 Å². The van der Waals surface area contributed by atoms with Gasteiger partial charge in [-0.1, -0.05) is 6.07 Å². The van der Waals surface area contributed by atoms with Crippen LogP contribution in [-0.4, -0.2) is 9.78 Å². The Hall–Kier alpha value is -2.31. The van der Waals surface area contributed by atoms with E-state index >= 15 is 0 Å². The van der Waals surface area contributed by atoms with E-state index in [2.05, 4.69) is 5.10 Å². The lowest BCUT2D eigenvalue weighted by Crippen LogP contribution is -2.15. The van der Waals surface area contributed by atoms with Crippen LogP contribution in [0.25, 0.3) is 5.69 Å². The number of hydrogen-bond donors (Lipinski definition) is 1. The molecule has 0 aliphatic rings. The van der Waals surface area contributed by atoms with E-state index in [4.69, 9.17) is 5.73 Å². The Labute approximate surface area is 99.5 Å². The Balaban J connectivity index is 2.51. The summed E-state index contributed by atoms with van der Waals surface area (Å²) in [5, 5.41) is 3.68. The van der Waals surface area contributed by atoms with E-state index in [1.54, 1.807) is 0 Å². The molecule has 7 heteroatoms. The van der Waals surface area contributed by atoms with Crippen molar-refractivity contribution < 1.29 is 13.2 Å². The molecule has 94 valence electrons. The molecule has 2 N–H and O–H groups in total. The van der Waals surface area contributed by atoms with E-state index in [9.17, 15) is 18.0 Å². The third-order valence-electron chi connectivity index (χ3n) is 2.27. The molecule has 0 saturated heterocycles. The van der Waals surface area contributed by atoms with Crippen molar-refractivity contribution in [1.29, 1.82) is 0 Å². The summed E-state index contributed by atoms with van der Waals surface area (Å²) < 4.78 is 38.7. The Morgan fingerprint density at radius 3 is 2.56 bits per heavy atom. The first-order chi connectivity index (χ1) is 8.38. The van der Waals surface area contributed by atoms with E-state index in [0.717, 1.165) is 22.9 Å². The van der Waals surface area contributed by atoms with Crippen LogP contribution in [0.15, 0.2) is 41.3 Å². The van der Waals surface area contributed by atoms with Crippen LogP contribution in [0, 0.1) is 0 Å². The number of nitrogen functional groups attached to an aromatic ring is 1. The lowest BCUT2D eigenvalue weighted by molar-refractivity contribution is -0.137. The fourth-order valence-electron chi connectivity index (χ4n) is 1.39. The molecule has 2 aromatic rings. The first-order valence-electron chi connectivity index (χ1n) is 4.91. The van der Waals surface area contributed by atoms with E-state index in [-0.39, 0.29) is 11.5 Å². The van der Waals surface area contributed by atoms with Gasteiger partial charge < -0.3 is 5.73 Å². The summed E-state index contributed by atoms with van der Waals surface area (Å²) in [5.41, 5.74) is 4.23. The van der Waals surface area contributed by atoms with Crippen molar-refractivity contribution in [3.05, 3.63) is 52.3 Å². The molecule has 0 atom stereocenters. The van der Waals surface area contributed by atoms with Gasteiger partial charge in [0.2, 0.25) is 5.43 Å². The summed E-state index contributed by atoms with van der Waals surface area (Å²) in [6.07, 6.45) is -3.17. The number of rotatable bonds is 1. The van der Waals surface area contributed by atoms with Crippen LogP contribution in [0.3, 0.4) is 0 Å². The van der Waals surface area contributed by atoms with Crippen molar-refractivity contribution in [2.45, 2.75) is 6.18 Å². The second kappa shape index (κ2) is 4.17. The van der Waals surface area contributed by atoms with Gasteiger partial charge in [0, 0.05) is 12.3 Å². The first kappa shape index (κ1) is 12.2. The van der Waals surface area contributed by atoms with Crippen LogP contribution in [-0.2, 0) is 6.18 Å². The average molecular weight is 255 g/mol. The highest BCUT2D eigenvalue weighted by Crippen LogP contribution is 2.30. The number of alkyl halides is 3. The van der Waals surface area contributed by atoms with Gasteiger partial charge in [0.15, 0.2) is 5.82 Å². The quantitative estimate of drug-likeness (QED) is 0.845. The molecule has 4 nitrogen and oxygen atoms in total. The lowest BCUT2D eigenvalue weighted by atomic mass is 10.2. The SMILES string of the molecule is Nc1nn(-c2cccc(C(F)(F)F)c2)ccc1=O. The maximum absolute atomic E-state index is 12.5. The monoisotopic (exact) mass is 255 g/mol. The topological polar surface area (TPSA) is 60.9 Å². The van der Waals surface area contributed by atoms with Gasteiger partial charge in [-0.25, -0.2) is 4.68 Å².